The van der Waals surface area contributed by atoms with E-state index in [4.69, 9.17) is 5.26 Å². The molecule has 3 heteroatoms. The summed E-state index contributed by atoms with van der Waals surface area (Å²) in [5.41, 5.74) is 1.90. The van der Waals surface area contributed by atoms with Gasteiger partial charge in [-0.05, 0) is 5.56 Å². The number of hydrogen-bond acceptors (Lipinski definition) is 2. The van der Waals surface area contributed by atoms with Crippen LogP contribution < -0.4 is 5.43 Å². The molecule has 2 rings (SSSR count). The molecule has 2 aromatic rings. The minimum Gasteiger partial charge on any atom is -0.367 e. The van der Waals surface area contributed by atoms with Crippen molar-refractivity contribution in [1.82, 2.24) is 4.98 Å². The zero-order valence-corrected chi connectivity index (χ0v) is 8.60. The van der Waals surface area contributed by atoms with Gasteiger partial charge in [0.15, 0.2) is 5.43 Å². The molecule has 0 radical (unpaired) electrons. The number of nitrogens with one attached hydrogen (secondary N) is 1. The van der Waals surface area contributed by atoms with Gasteiger partial charge in [0.25, 0.3) is 0 Å². The second kappa shape index (κ2) is 4.45. The standard InChI is InChI=1S/C13H10N2O/c14-7-6-11-8-15-9-12(13(11)16)10-4-2-1-3-5-10/h1-5,8-9H,6H2,(H,15,16). The van der Waals surface area contributed by atoms with Gasteiger partial charge in [-0.3, -0.25) is 4.79 Å². The van der Waals surface area contributed by atoms with Gasteiger partial charge in [-0.2, -0.15) is 5.26 Å². The van der Waals surface area contributed by atoms with Crippen LogP contribution in [0.4, 0.5) is 0 Å². The number of benzene rings is 1. The van der Waals surface area contributed by atoms with Crippen LogP contribution in [0, 0.1) is 11.3 Å². The monoisotopic (exact) mass is 210 g/mol. The van der Waals surface area contributed by atoms with Crippen LogP contribution in [0.15, 0.2) is 47.5 Å². The molecule has 1 aromatic carbocycles. The smallest absolute Gasteiger partial charge is 0.193 e. The lowest BCUT2D eigenvalue weighted by Crippen LogP contribution is -2.11. The van der Waals surface area contributed by atoms with Crippen molar-refractivity contribution in [3.05, 3.63) is 58.5 Å². The predicted molar refractivity (Wildman–Crippen MR) is 61.8 cm³/mol. The number of H-pyrrole nitrogens is 1. The summed E-state index contributed by atoms with van der Waals surface area (Å²) in [5.74, 6) is 0. The highest BCUT2D eigenvalue weighted by Crippen LogP contribution is 2.13. The Balaban J connectivity index is 2.56. The van der Waals surface area contributed by atoms with Gasteiger partial charge >= 0.3 is 0 Å². The lowest BCUT2D eigenvalue weighted by Gasteiger charge is -2.01. The number of hydrogen-bond donors (Lipinski definition) is 1. The summed E-state index contributed by atoms with van der Waals surface area (Å²) in [6.45, 7) is 0. The predicted octanol–water partition coefficient (Wildman–Crippen LogP) is 2.11. The highest BCUT2D eigenvalue weighted by atomic mass is 16.1. The minimum atomic E-state index is -0.0773. The minimum absolute atomic E-state index is 0.0773. The zero-order valence-electron chi connectivity index (χ0n) is 8.60. The molecule has 1 heterocycles. The molecule has 1 N–H and O–H groups in total. The van der Waals surface area contributed by atoms with Crippen LogP contribution in [-0.4, -0.2) is 4.98 Å². The number of aromatic nitrogens is 1. The van der Waals surface area contributed by atoms with Gasteiger partial charge in [0.05, 0.1) is 12.5 Å². The third-order valence-corrected chi connectivity index (χ3v) is 2.38. The van der Waals surface area contributed by atoms with Crippen molar-refractivity contribution in [2.24, 2.45) is 0 Å². The van der Waals surface area contributed by atoms with Crippen LogP contribution >= 0.6 is 0 Å². The molecule has 0 spiro atoms. The highest BCUT2D eigenvalue weighted by Gasteiger charge is 2.06. The molecule has 3 nitrogen and oxygen atoms in total. The van der Waals surface area contributed by atoms with Crippen LogP contribution in [0.2, 0.25) is 0 Å². The van der Waals surface area contributed by atoms with Crippen molar-refractivity contribution in [1.29, 1.82) is 5.26 Å². The van der Waals surface area contributed by atoms with E-state index >= 15 is 0 Å². The van der Waals surface area contributed by atoms with Crippen molar-refractivity contribution in [3.8, 4) is 17.2 Å². The zero-order chi connectivity index (χ0) is 11.4. The molecule has 0 atom stereocenters. The van der Waals surface area contributed by atoms with Gasteiger partial charge in [0.2, 0.25) is 0 Å². The maximum absolute atomic E-state index is 12.0. The Bertz CT molecular complexity index is 579. The Kier molecular flexibility index (Phi) is 2.84. The fourth-order valence-electron chi connectivity index (χ4n) is 1.58. The summed E-state index contributed by atoms with van der Waals surface area (Å²) in [6.07, 6.45) is 3.38. The molecule has 78 valence electrons. The van der Waals surface area contributed by atoms with Crippen LogP contribution in [-0.2, 0) is 6.42 Å². The number of pyridine rings is 1. The molecule has 0 saturated carbocycles. The molecule has 0 fully saturated rings. The molecular formula is C13H10N2O. The number of nitrogens with zero attached hydrogens (tertiary/aromatic N) is 1. The van der Waals surface area contributed by atoms with E-state index < -0.39 is 0 Å². The molecule has 16 heavy (non-hydrogen) atoms. The summed E-state index contributed by atoms with van der Waals surface area (Å²) in [6, 6.07) is 11.4. The first-order valence-electron chi connectivity index (χ1n) is 4.95. The van der Waals surface area contributed by atoms with Crippen LogP contribution in [0.5, 0.6) is 0 Å². The molecule has 1 aromatic heterocycles. The second-order valence-electron chi connectivity index (χ2n) is 3.42. The van der Waals surface area contributed by atoms with E-state index in [2.05, 4.69) is 4.98 Å². The normalized spacial score (nSPS) is 9.69. The fraction of sp³-hybridized carbons (Fsp3) is 0.0769. The summed E-state index contributed by atoms with van der Waals surface area (Å²) in [5, 5.41) is 8.60. The third kappa shape index (κ3) is 1.86. The Morgan fingerprint density at radius 3 is 2.62 bits per heavy atom. The molecule has 0 aliphatic rings. The van der Waals surface area contributed by atoms with E-state index in [1.54, 1.807) is 12.4 Å². The van der Waals surface area contributed by atoms with E-state index in [1.165, 1.54) is 0 Å². The van der Waals surface area contributed by atoms with Crippen LogP contribution in [0.3, 0.4) is 0 Å². The molecule has 0 saturated heterocycles. The molecule has 0 aliphatic carbocycles. The second-order valence-corrected chi connectivity index (χ2v) is 3.42. The van der Waals surface area contributed by atoms with Gasteiger partial charge in [0.1, 0.15) is 0 Å². The summed E-state index contributed by atoms with van der Waals surface area (Å²) >= 11 is 0. The Hall–Kier alpha value is -2.34. The van der Waals surface area contributed by atoms with Crippen LogP contribution in [0.1, 0.15) is 5.56 Å². The average Bonchev–Trinajstić information content (AvgIpc) is 2.33. The quantitative estimate of drug-likeness (QED) is 0.825. The first-order valence-corrected chi connectivity index (χ1v) is 4.95. The molecular weight excluding hydrogens is 200 g/mol. The van der Waals surface area contributed by atoms with Crippen molar-refractivity contribution in [2.75, 3.05) is 0 Å². The van der Waals surface area contributed by atoms with Gasteiger partial charge in [-0.1, -0.05) is 30.3 Å². The van der Waals surface area contributed by atoms with Gasteiger partial charge < -0.3 is 4.98 Å². The Morgan fingerprint density at radius 1 is 1.19 bits per heavy atom. The maximum Gasteiger partial charge on any atom is 0.193 e. The van der Waals surface area contributed by atoms with Crippen molar-refractivity contribution in [3.63, 3.8) is 0 Å². The largest absolute Gasteiger partial charge is 0.367 e. The molecule has 0 unspecified atom stereocenters. The molecule has 0 aliphatic heterocycles. The summed E-state index contributed by atoms with van der Waals surface area (Å²) in [7, 11) is 0. The van der Waals surface area contributed by atoms with E-state index in [1.807, 2.05) is 36.4 Å². The van der Waals surface area contributed by atoms with Gasteiger partial charge in [-0.25, -0.2) is 0 Å². The van der Waals surface area contributed by atoms with E-state index in [-0.39, 0.29) is 11.8 Å². The topological polar surface area (TPSA) is 56.6 Å². The van der Waals surface area contributed by atoms with Gasteiger partial charge in [-0.15, -0.1) is 0 Å². The number of rotatable bonds is 2. The number of nitriles is 1. The maximum atomic E-state index is 12.0. The highest BCUT2D eigenvalue weighted by molar-refractivity contribution is 5.62. The van der Waals surface area contributed by atoms with Crippen molar-refractivity contribution < 1.29 is 0 Å². The summed E-state index contributed by atoms with van der Waals surface area (Å²) < 4.78 is 0. The Morgan fingerprint density at radius 2 is 1.94 bits per heavy atom. The number of aromatic amines is 1. The van der Waals surface area contributed by atoms with E-state index in [0.717, 1.165) is 5.56 Å². The van der Waals surface area contributed by atoms with E-state index in [9.17, 15) is 4.79 Å². The SMILES string of the molecule is N#CCc1c[nH]cc(-c2ccccc2)c1=O. The van der Waals surface area contributed by atoms with Gasteiger partial charge in [0, 0.05) is 23.5 Å². The third-order valence-electron chi connectivity index (χ3n) is 2.38. The van der Waals surface area contributed by atoms with Crippen LogP contribution in [0.25, 0.3) is 11.1 Å². The van der Waals surface area contributed by atoms with E-state index in [0.29, 0.717) is 11.1 Å². The lowest BCUT2D eigenvalue weighted by molar-refractivity contribution is 1.16. The Labute approximate surface area is 93.0 Å². The fourth-order valence-corrected chi connectivity index (χ4v) is 1.58. The van der Waals surface area contributed by atoms with Crippen molar-refractivity contribution >= 4 is 0 Å². The average molecular weight is 210 g/mol. The lowest BCUT2D eigenvalue weighted by atomic mass is 10.0. The van der Waals surface area contributed by atoms with Crippen molar-refractivity contribution in [2.45, 2.75) is 6.42 Å². The molecule has 0 amide bonds. The summed E-state index contributed by atoms with van der Waals surface area (Å²) in [4.78, 5) is 14.9. The molecule has 0 bridgehead atoms. The first kappa shape index (κ1) is 10.2. The first-order chi connectivity index (χ1) is 7.83.